The summed E-state index contributed by atoms with van der Waals surface area (Å²) >= 11 is 1.53. The van der Waals surface area contributed by atoms with Gasteiger partial charge in [0.15, 0.2) is 0 Å². The van der Waals surface area contributed by atoms with Crippen LogP contribution in [0, 0.1) is 0 Å². The second-order valence-electron chi connectivity index (χ2n) is 14.3. The number of fused-ring (bicyclic) bond motifs is 5. The number of carbonyl (C=O) groups is 3. The molecule has 0 aliphatic carbocycles. The highest BCUT2D eigenvalue weighted by atomic mass is 32.1. The number of imide groups is 1. The molecule has 13 heteroatoms. The Hall–Kier alpha value is -4.85. The Morgan fingerprint density at radius 1 is 0.922 bits per heavy atom. The Balaban J connectivity index is 0.768. The Morgan fingerprint density at radius 3 is 2.53 bits per heavy atom. The van der Waals surface area contributed by atoms with Crippen LogP contribution in [0.4, 0.5) is 11.4 Å². The van der Waals surface area contributed by atoms with Crippen LogP contribution in [0.1, 0.15) is 47.0 Å². The number of nitrogens with one attached hydrogen (secondary N) is 3. The number of aromatic nitrogens is 3. The molecule has 51 heavy (non-hydrogen) atoms. The van der Waals surface area contributed by atoms with Crippen molar-refractivity contribution in [3.63, 3.8) is 0 Å². The van der Waals surface area contributed by atoms with Crippen LogP contribution in [-0.2, 0) is 9.59 Å². The summed E-state index contributed by atoms with van der Waals surface area (Å²) in [6.07, 6.45) is 5.02. The Labute approximate surface area is 299 Å². The Bertz CT molecular complexity index is 2150. The number of anilines is 2. The van der Waals surface area contributed by atoms with Crippen molar-refractivity contribution in [2.75, 3.05) is 69.1 Å². The molecule has 4 aliphatic rings. The molecular formula is C38H41N9O3S. The van der Waals surface area contributed by atoms with Gasteiger partial charge in [-0.1, -0.05) is 12.1 Å². The van der Waals surface area contributed by atoms with E-state index in [2.05, 4.69) is 71.9 Å². The minimum Gasteiger partial charge on any atom is -0.381 e. The van der Waals surface area contributed by atoms with Crippen molar-refractivity contribution < 1.29 is 14.4 Å². The minimum atomic E-state index is -0.240. The van der Waals surface area contributed by atoms with Gasteiger partial charge in [-0.15, -0.1) is 11.3 Å². The first kappa shape index (κ1) is 32.1. The highest BCUT2D eigenvalue weighted by Gasteiger charge is 2.31. The monoisotopic (exact) mass is 703 g/mol. The number of rotatable bonds is 7. The summed E-state index contributed by atoms with van der Waals surface area (Å²) in [5.41, 5.74) is 5.89. The molecule has 9 rings (SSSR count). The molecule has 3 aromatic heterocycles. The van der Waals surface area contributed by atoms with Crippen LogP contribution < -0.4 is 20.9 Å². The molecule has 0 radical (unpaired) electrons. The normalized spacial score (nSPS) is 22.0. The third kappa shape index (κ3) is 6.13. The van der Waals surface area contributed by atoms with Crippen LogP contribution >= 0.6 is 11.3 Å². The molecule has 2 atom stereocenters. The SMILES string of the molecule is C[C@@H]1CNc2c(sc3ccc4nc(-c5cnn(C6CN(CCN7CCN(c8ccc(C9CCC(=O)NC9=O)cc8)CC7)C6)c5)ccc4c23)C(=O)N1. The molecule has 3 amide bonds. The summed E-state index contributed by atoms with van der Waals surface area (Å²) in [6, 6.07) is 17.1. The largest absolute Gasteiger partial charge is 0.381 e. The number of piperidine rings is 1. The first-order chi connectivity index (χ1) is 24.9. The van der Waals surface area contributed by atoms with Gasteiger partial charge in [0.25, 0.3) is 5.91 Å². The van der Waals surface area contributed by atoms with E-state index >= 15 is 0 Å². The maximum atomic E-state index is 12.8. The maximum Gasteiger partial charge on any atom is 0.263 e. The third-order valence-corrected chi connectivity index (χ3v) is 12.1. The number of hydrogen-bond donors (Lipinski definition) is 3. The van der Waals surface area contributed by atoms with Crippen LogP contribution in [-0.4, -0.2) is 107 Å². The quantitative estimate of drug-likeness (QED) is 0.215. The number of amides is 3. The highest BCUT2D eigenvalue weighted by Crippen LogP contribution is 2.41. The van der Waals surface area contributed by atoms with E-state index in [9.17, 15) is 14.4 Å². The van der Waals surface area contributed by atoms with Gasteiger partial charge in [-0.25, -0.2) is 4.98 Å². The predicted octanol–water partition coefficient (Wildman–Crippen LogP) is 4.06. The molecule has 7 heterocycles. The van der Waals surface area contributed by atoms with Crippen molar-refractivity contribution in [3.8, 4) is 11.3 Å². The molecule has 0 bridgehead atoms. The van der Waals surface area contributed by atoms with Crippen LogP contribution in [0.25, 0.3) is 32.2 Å². The molecule has 12 nitrogen and oxygen atoms in total. The maximum absolute atomic E-state index is 12.8. The van der Waals surface area contributed by atoms with Gasteiger partial charge in [0, 0.05) is 104 Å². The van der Waals surface area contributed by atoms with Gasteiger partial charge >= 0.3 is 0 Å². The first-order valence-corrected chi connectivity index (χ1v) is 18.8. The summed E-state index contributed by atoms with van der Waals surface area (Å²) < 4.78 is 3.17. The average Bonchev–Trinajstić information content (AvgIpc) is 3.73. The second-order valence-corrected chi connectivity index (χ2v) is 15.4. The van der Waals surface area contributed by atoms with Gasteiger partial charge in [0.2, 0.25) is 11.8 Å². The Kier molecular flexibility index (Phi) is 8.20. The summed E-state index contributed by atoms with van der Waals surface area (Å²) in [5, 5.41) is 15.9. The molecule has 3 N–H and O–H groups in total. The summed E-state index contributed by atoms with van der Waals surface area (Å²) in [5.74, 6) is -0.620. The summed E-state index contributed by atoms with van der Waals surface area (Å²) in [4.78, 5) is 49.8. The topological polar surface area (TPSA) is 128 Å². The van der Waals surface area contributed by atoms with Gasteiger partial charge in [-0.2, -0.15) is 5.10 Å². The zero-order valence-corrected chi connectivity index (χ0v) is 29.4. The van der Waals surface area contributed by atoms with Crippen molar-refractivity contribution in [2.24, 2.45) is 0 Å². The fraction of sp³-hybridized carbons (Fsp3) is 0.395. The van der Waals surface area contributed by atoms with E-state index in [4.69, 9.17) is 10.1 Å². The van der Waals surface area contributed by atoms with Gasteiger partial charge in [0.05, 0.1) is 35.1 Å². The number of nitrogens with zero attached hydrogens (tertiary/aromatic N) is 6. The molecule has 3 fully saturated rings. The molecule has 3 saturated heterocycles. The number of piperazine rings is 1. The minimum absolute atomic E-state index is 0.0178. The zero-order valence-electron chi connectivity index (χ0n) is 28.6. The lowest BCUT2D eigenvalue weighted by Gasteiger charge is -2.41. The lowest BCUT2D eigenvalue weighted by Crippen LogP contribution is -2.53. The van der Waals surface area contributed by atoms with Crippen molar-refractivity contribution in [1.29, 1.82) is 0 Å². The molecular weight excluding hydrogens is 663 g/mol. The van der Waals surface area contributed by atoms with E-state index in [0.717, 1.165) is 101 Å². The average molecular weight is 704 g/mol. The highest BCUT2D eigenvalue weighted by molar-refractivity contribution is 7.21. The molecule has 0 spiro atoms. The van der Waals surface area contributed by atoms with Crippen LogP contribution in [0.15, 0.2) is 60.9 Å². The van der Waals surface area contributed by atoms with E-state index in [1.54, 1.807) is 0 Å². The number of pyridine rings is 1. The van der Waals surface area contributed by atoms with Gasteiger partial charge in [0.1, 0.15) is 4.88 Å². The van der Waals surface area contributed by atoms with E-state index in [1.165, 1.54) is 17.0 Å². The summed E-state index contributed by atoms with van der Waals surface area (Å²) in [7, 11) is 0. The van der Waals surface area contributed by atoms with E-state index < -0.39 is 0 Å². The van der Waals surface area contributed by atoms with Crippen molar-refractivity contribution in [2.45, 2.75) is 37.8 Å². The van der Waals surface area contributed by atoms with Gasteiger partial charge in [-0.05, 0) is 55.3 Å². The molecule has 0 saturated carbocycles. The van der Waals surface area contributed by atoms with Crippen LogP contribution in [0.5, 0.6) is 0 Å². The first-order valence-electron chi connectivity index (χ1n) is 17.9. The van der Waals surface area contributed by atoms with Crippen molar-refractivity contribution in [3.05, 3.63) is 71.4 Å². The van der Waals surface area contributed by atoms with Gasteiger partial charge in [-0.3, -0.25) is 34.2 Å². The van der Waals surface area contributed by atoms with Crippen molar-refractivity contribution in [1.82, 2.24) is 35.2 Å². The van der Waals surface area contributed by atoms with Crippen LogP contribution in [0.2, 0.25) is 0 Å². The van der Waals surface area contributed by atoms with E-state index in [0.29, 0.717) is 25.4 Å². The van der Waals surface area contributed by atoms with Crippen molar-refractivity contribution >= 4 is 61.4 Å². The smallest absolute Gasteiger partial charge is 0.263 e. The molecule has 4 aliphatic heterocycles. The lowest BCUT2D eigenvalue weighted by atomic mass is 9.90. The number of benzene rings is 2. The second kappa shape index (κ2) is 13.0. The standard InChI is InChI=1S/C38H41N9O3S/c1-23-18-39-35-34-29-6-8-30(42-31(29)9-10-32(34)51-36(35)38(50)41-23)25-19-40-47(20-25)27-21-45(22-27)13-12-44-14-16-46(17-15-44)26-4-2-24(3-5-26)28-7-11-33(48)43-37(28)49/h2-6,8-10,19-20,23,27-28,39H,7,11-18,21-22H2,1H3,(H,41,50)(H,43,48,49)/t23-,28?/m1/s1. The molecule has 1 unspecified atom stereocenters. The predicted molar refractivity (Wildman–Crippen MR) is 199 cm³/mol. The Morgan fingerprint density at radius 2 is 1.73 bits per heavy atom. The van der Waals surface area contributed by atoms with Gasteiger partial charge < -0.3 is 15.5 Å². The molecule has 262 valence electrons. The fourth-order valence-corrected chi connectivity index (χ4v) is 8.99. The van der Waals surface area contributed by atoms with E-state index in [-0.39, 0.29) is 29.7 Å². The van der Waals surface area contributed by atoms with Crippen LogP contribution in [0.3, 0.4) is 0 Å². The number of thiophene rings is 1. The number of likely N-dealkylation sites (tertiary alicyclic amines) is 1. The number of carbonyl (C=O) groups excluding carboxylic acids is 3. The molecule has 2 aromatic carbocycles. The number of hydrogen-bond acceptors (Lipinski definition) is 10. The molecule has 5 aromatic rings. The van der Waals surface area contributed by atoms with E-state index in [1.807, 2.05) is 31.3 Å². The lowest BCUT2D eigenvalue weighted by molar-refractivity contribution is -0.134. The zero-order chi connectivity index (χ0) is 34.6. The third-order valence-electron chi connectivity index (χ3n) is 10.9. The summed E-state index contributed by atoms with van der Waals surface area (Å²) in [6.45, 7) is 10.8. The fourth-order valence-electron chi connectivity index (χ4n) is 7.89.